The Morgan fingerprint density at radius 3 is 1.90 bits per heavy atom. The smallest absolute Gasteiger partial charge is 0.141 e. The molecule has 0 atom stereocenters. The maximum absolute atomic E-state index is 4.97. The highest BCUT2D eigenvalue weighted by Crippen LogP contribution is 2.33. The summed E-state index contributed by atoms with van der Waals surface area (Å²) < 4.78 is 2.00. The lowest BCUT2D eigenvalue weighted by Gasteiger charge is -2.24. The maximum Gasteiger partial charge on any atom is 0.141 e. The number of pyridine rings is 2. The lowest BCUT2D eigenvalue weighted by molar-refractivity contribution is 0.995. The fourth-order valence-electron chi connectivity index (χ4n) is 3.44. The van der Waals surface area contributed by atoms with Crippen molar-refractivity contribution >= 4 is 17.3 Å². The fourth-order valence-corrected chi connectivity index (χ4v) is 3.44. The van der Waals surface area contributed by atoms with Gasteiger partial charge in [-0.15, -0.1) is 0 Å². The third-order valence-electron chi connectivity index (χ3n) is 4.87. The lowest BCUT2D eigenvalue weighted by Crippen LogP contribution is -2.14. The Kier molecular flexibility index (Phi) is 4.80. The van der Waals surface area contributed by atoms with E-state index < -0.39 is 0 Å². The van der Waals surface area contributed by atoms with Crippen molar-refractivity contribution in [2.75, 3.05) is 4.90 Å². The highest BCUT2D eigenvalue weighted by Gasteiger charge is 2.16. The molecule has 4 nitrogen and oxygen atoms in total. The van der Waals surface area contributed by atoms with Crippen molar-refractivity contribution in [3.8, 4) is 17.1 Å². The Morgan fingerprint density at radius 1 is 0.533 bits per heavy atom. The van der Waals surface area contributed by atoms with Crippen LogP contribution in [0.2, 0.25) is 0 Å². The second kappa shape index (κ2) is 8.05. The zero-order chi connectivity index (χ0) is 20.2. The zero-order valence-corrected chi connectivity index (χ0v) is 16.3. The van der Waals surface area contributed by atoms with E-state index in [1.54, 1.807) is 0 Å². The van der Waals surface area contributed by atoms with E-state index in [-0.39, 0.29) is 0 Å². The second-order valence-corrected chi connectivity index (χ2v) is 6.86. The van der Waals surface area contributed by atoms with Crippen LogP contribution in [0.3, 0.4) is 0 Å². The van der Waals surface area contributed by atoms with Gasteiger partial charge in [0.05, 0.1) is 5.69 Å². The fraction of sp³-hybridized carbons (Fsp3) is 0. The predicted octanol–water partition coefficient (Wildman–Crippen LogP) is 6.40. The number of aromatic nitrogens is 3. The van der Waals surface area contributed by atoms with Gasteiger partial charge in [0.1, 0.15) is 17.5 Å². The first-order valence-electron chi connectivity index (χ1n) is 9.86. The minimum Gasteiger partial charge on any atom is -0.309 e. The molecule has 0 amide bonds. The summed E-state index contributed by atoms with van der Waals surface area (Å²) in [7, 11) is 0. The van der Waals surface area contributed by atoms with Gasteiger partial charge in [0.2, 0.25) is 0 Å². The quantitative estimate of drug-likeness (QED) is 0.349. The summed E-state index contributed by atoms with van der Waals surface area (Å²) in [6.45, 7) is 0. The van der Waals surface area contributed by atoms with E-state index in [4.69, 9.17) is 9.97 Å². The molecule has 0 unspecified atom stereocenters. The molecule has 4 heteroatoms. The molecule has 0 fully saturated rings. The van der Waals surface area contributed by atoms with E-state index in [2.05, 4.69) is 29.2 Å². The molecule has 144 valence electrons. The van der Waals surface area contributed by atoms with E-state index in [0.717, 1.165) is 34.4 Å². The normalized spacial score (nSPS) is 10.7. The van der Waals surface area contributed by atoms with Gasteiger partial charge in [-0.2, -0.15) is 0 Å². The topological polar surface area (TPSA) is 34.0 Å². The number of para-hydroxylation sites is 1. The van der Waals surface area contributed by atoms with Gasteiger partial charge in [-0.25, -0.2) is 9.97 Å². The third kappa shape index (κ3) is 3.59. The molecule has 0 saturated heterocycles. The lowest BCUT2D eigenvalue weighted by atomic mass is 10.1. The molecule has 0 bridgehead atoms. The Morgan fingerprint density at radius 2 is 1.17 bits per heavy atom. The first-order valence-corrected chi connectivity index (χ1v) is 9.86. The number of anilines is 3. The Bertz CT molecular complexity index is 1230. The molecule has 5 aromatic rings. The number of hydrogen-bond donors (Lipinski definition) is 0. The van der Waals surface area contributed by atoms with Gasteiger partial charge < -0.3 is 4.57 Å². The standard InChI is InChI=1S/C26H20N4/c1-3-11-21(12-4-1)23-15-9-17-25(27-23)30(22-13-5-2-6-14-22)26-18-10-16-24(28-26)29-19-7-8-20-29/h1-20H. The van der Waals surface area contributed by atoms with Gasteiger partial charge in [-0.05, 0) is 48.5 Å². The van der Waals surface area contributed by atoms with Crippen molar-refractivity contribution in [1.82, 2.24) is 14.5 Å². The van der Waals surface area contributed by atoms with Gasteiger partial charge in [0.25, 0.3) is 0 Å². The van der Waals surface area contributed by atoms with Crippen molar-refractivity contribution in [2.45, 2.75) is 0 Å². The first kappa shape index (κ1) is 17.9. The van der Waals surface area contributed by atoms with Gasteiger partial charge in [0, 0.05) is 23.6 Å². The van der Waals surface area contributed by atoms with Crippen molar-refractivity contribution < 1.29 is 0 Å². The summed E-state index contributed by atoms with van der Waals surface area (Å²) in [5.41, 5.74) is 3.02. The molecule has 0 aliphatic rings. The van der Waals surface area contributed by atoms with Crippen molar-refractivity contribution in [1.29, 1.82) is 0 Å². The van der Waals surface area contributed by atoms with Crippen LogP contribution in [0.5, 0.6) is 0 Å². The summed E-state index contributed by atoms with van der Waals surface area (Å²) >= 11 is 0. The van der Waals surface area contributed by atoms with Gasteiger partial charge in [-0.1, -0.05) is 60.7 Å². The molecule has 5 rings (SSSR count). The molecule has 0 spiro atoms. The summed E-state index contributed by atoms with van der Waals surface area (Å²) in [4.78, 5) is 12.0. The molecule has 0 saturated carbocycles. The minimum absolute atomic E-state index is 0.810. The Hall–Kier alpha value is -4.18. The molecule has 30 heavy (non-hydrogen) atoms. The zero-order valence-electron chi connectivity index (χ0n) is 16.3. The van der Waals surface area contributed by atoms with Gasteiger partial charge >= 0.3 is 0 Å². The van der Waals surface area contributed by atoms with Crippen molar-refractivity contribution in [3.63, 3.8) is 0 Å². The number of rotatable bonds is 5. The second-order valence-electron chi connectivity index (χ2n) is 6.86. The van der Waals surface area contributed by atoms with Crippen molar-refractivity contribution in [2.24, 2.45) is 0 Å². The highest BCUT2D eigenvalue weighted by molar-refractivity contribution is 5.74. The van der Waals surface area contributed by atoms with Crippen LogP contribution < -0.4 is 4.90 Å². The summed E-state index contributed by atoms with van der Waals surface area (Å²) in [5, 5.41) is 0. The van der Waals surface area contributed by atoms with E-state index in [0.29, 0.717) is 0 Å². The minimum atomic E-state index is 0.810. The molecule has 0 aliphatic carbocycles. The molecule has 0 N–H and O–H groups in total. The maximum atomic E-state index is 4.97. The van der Waals surface area contributed by atoms with Gasteiger partial charge in [-0.3, -0.25) is 4.90 Å². The van der Waals surface area contributed by atoms with Crippen LogP contribution in [-0.4, -0.2) is 14.5 Å². The van der Waals surface area contributed by atoms with Crippen LogP contribution in [0.4, 0.5) is 17.3 Å². The molecular formula is C26H20N4. The van der Waals surface area contributed by atoms with E-state index in [1.165, 1.54) is 0 Å². The molecular weight excluding hydrogens is 368 g/mol. The van der Waals surface area contributed by atoms with E-state index in [9.17, 15) is 0 Å². The van der Waals surface area contributed by atoms with Crippen LogP contribution in [-0.2, 0) is 0 Å². The average molecular weight is 388 g/mol. The molecule has 3 aromatic heterocycles. The Labute approximate surface area is 175 Å². The first-order chi connectivity index (χ1) is 14.9. The molecule has 0 aliphatic heterocycles. The Balaban J connectivity index is 1.64. The van der Waals surface area contributed by atoms with E-state index >= 15 is 0 Å². The molecule has 0 radical (unpaired) electrons. The summed E-state index contributed by atoms with van der Waals surface area (Å²) in [5.74, 6) is 2.49. The molecule has 3 heterocycles. The molecule has 2 aromatic carbocycles. The van der Waals surface area contributed by atoms with Crippen LogP contribution in [0, 0.1) is 0 Å². The van der Waals surface area contributed by atoms with Crippen LogP contribution in [0.15, 0.2) is 122 Å². The van der Waals surface area contributed by atoms with Crippen LogP contribution in [0.25, 0.3) is 17.1 Å². The third-order valence-corrected chi connectivity index (χ3v) is 4.87. The van der Waals surface area contributed by atoms with Crippen LogP contribution >= 0.6 is 0 Å². The number of benzene rings is 2. The summed E-state index contributed by atoms with van der Waals surface area (Å²) in [6.07, 6.45) is 3.99. The van der Waals surface area contributed by atoms with Crippen molar-refractivity contribution in [3.05, 3.63) is 122 Å². The van der Waals surface area contributed by atoms with Gasteiger partial charge in [0.15, 0.2) is 0 Å². The SMILES string of the molecule is c1ccc(-c2cccc(N(c3ccccc3)c3cccc(-n4cccc4)n3)n2)cc1. The number of hydrogen-bond acceptors (Lipinski definition) is 3. The average Bonchev–Trinajstić information content (AvgIpc) is 3.36. The largest absolute Gasteiger partial charge is 0.309 e. The monoisotopic (exact) mass is 388 g/mol. The number of nitrogens with zero attached hydrogens (tertiary/aromatic N) is 4. The van der Waals surface area contributed by atoms with E-state index in [1.807, 2.05) is 102 Å². The highest BCUT2D eigenvalue weighted by atomic mass is 15.3. The summed E-state index contributed by atoms with van der Waals surface area (Å²) in [6, 6.07) is 36.5. The van der Waals surface area contributed by atoms with Crippen LogP contribution in [0.1, 0.15) is 0 Å². The predicted molar refractivity (Wildman–Crippen MR) is 121 cm³/mol.